The summed E-state index contributed by atoms with van der Waals surface area (Å²) in [6.45, 7) is 1.96. The second kappa shape index (κ2) is 8.03. The van der Waals surface area contributed by atoms with Gasteiger partial charge in [-0.2, -0.15) is 0 Å². The third kappa shape index (κ3) is 4.29. The topological polar surface area (TPSA) is 67.2 Å². The number of carbonyl (C=O) groups is 1. The molecule has 3 aromatic carbocycles. The predicted octanol–water partition coefficient (Wildman–Crippen LogP) is 5.58. The van der Waals surface area contributed by atoms with Crippen molar-refractivity contribution in [2.45, 2.75) is 6.92 Å². The summed E-state index contributed by atoms with van der Waals surface area (Å²) in [4.78, 5) is 16.8. The largest absolute Gasteiger partial charge is 0.436 e. The monoisotopic (exact) mass is 421 g/mol. The van der Waals surface area contributed by atoms with Crippen LogP contribution in [-0.4, -0.2) is 16.0 Å². The molecule has 0 aliphatic heterocycles. The highest BCUT2D eigenvalue weighted by atomic mass is 35.5. The Kier molecular flexibility index (Phi) is 5.29. The first-order chi connectivity index (χ1) is 14.0. The van der Waals surface area contributed by atoms with Gasteiger partial charge >= 0.3 is 0 Å². The van der Waals surface area contributed by atoms with Crippen molar-refractivity contribution in [1.82, 2.24) is 10.3 Å². The lowest BCUT2D eigenvalue weighted by atomic mass is 10.1. The van der Waals surface area contributed by atoms with Crippen molar-refractivity contribution < 1.29 is 9.21 Å². The van der Waals surface area contributed by atoms with Crippen LogP contribution in [0.3, 0.4) is 0 Å². The first kappa shape index (κ1) is 19.1. The normalized spacial score (nSPS) is 10.7. The van der Waals surface area contributed by atoms with Gasteiger partial charge < -0.3 is 9.73 Å². The molecule has 0 saturated carbocycles. The highest BCUT2D eigenvalue weighted by molar-refractivity contribution is 7.80. The van der Waals surface area contributed by atoms with E-state index in [1.54, 1.807) is 36.4 Å². The van der Waals surface area contributed by atoms with E-state index < -0.39 is 0 Å². The Balaban J connectivity index is 1.49. The number of hydrogen-bond acceptors (Lipinski definition) is 4. The molecule has 7 heteroatoms. The van der Waals surface area contributed by atoms with Gasteiger partial charge in [-0.1, -0.05) is 41.4 Å². The van der Waals surface area contributed by atoms with E-state index in [1.807, 2.05) is 37.3 Å². The zero-order chi connectivity index (χ0) is 20.4. The minimum Gasteiger partial charge on any atom is -0.436 e. The summed E-state index contributed by atoms with van der Waals surface area (Å²) in [7, 11) is 0. The molecule has 29 heavy (non-hydrogen) atoms. The summed E-state index contributed by atoms with van der Waals surface area (Å²) < 4.78 is 5.80. The molecule has 0 bridgehead atoms. The van der Waals surface area contributed by atoms with Gasteiger partial charge in [0.1, 0.15) is 5.52 Å². The van der Waals surface area contributed by atoms with Gasteiger partial charge in [0.15, 0.2) is 10.7 Å². The number of nitrogens with zero attached hydrogens (tertiary/aromatic N) is 1. The first-order valence-electron chi connectivity index (χ1n) is 8.84. The summed E-state index contributed by atoms with van der Waals surface area (Å²) in [6.07, 6.45) is 0. The van der Waals surface area contributed by atoms with Gasteiger partial charge in [-0.25, -0.2) is 4.98 Å². The molecule has 2 N–H and O–H groups in total. The molecule has 1 heterocycles. The quantitative estimate of drug-likeness (QED) is 0.422. The highest BCUT2D eigenvalue weighted by Gasteiger charge is 2.12. The number of thiocarbonyl (C=S) groups is 1. The third-order valence-electron chi connectivity index (χ3n) is 4.29. The fourth-order valence-electron chi connectivity index (χ4n) is 2.80. The van der Waals surface area contributed by atoms with Crippen LogP contribution in [0.2, 0.25) is 5.02 Å². The van der Waals surface area contributed by atoms with Crippen LogP contribution in [0.1, 0.15) is 15.9 Å². The zero-order valence-corrected chi connectivity index (χ0v) is 17.0. The van der Waals surface area contributed by atoms with E-state index in [4.69, 9.17) is 28.2 Å². The fraction of sp³-hybridized carbons (Fsp3) is 0.0455. The molecular formula is C22H16ClN3O2S. The van der Waals surface area contributed by atoms with Crippen LogP contribution in [0.15, 0.2) is 71.1 Å². The Hall–Kier alpha value is -3.22. The molecule has 144 valence electrons. The number of oxazole rings is 1. The lowest BCUT2D eigenvalue weighted by molar-refractivity contribution is 0.0977. The van der Waals surface area contributed by atoms with Gasteiger partial charge in [-0.3, -0.25) is 10.1 Å². The molecule has 4 aromatic rings. The number of anilines is 1. The van der Waals surface area contributed by atoms with Crippen LogP contribution in [0.25, 0.3) is 22.6 Å². The average molecular weight is 422 g/mol. The van der Waals surface area contributed by atoms with Crippen LogP contribution in [0.5, 0.6) is 0 Å². The van der Waals surface area contributed by atoms with Crippen molar-refractivity contribution in [1.29, 1.82) is 0 Å². The molecule has 0 spiro atoms. The zero-order valence-electron chi connectivity index (χ0n) is 15.4. The van der Waals surface area contributed by atoms with Crippen molar-refractivity contribution in [3.8, 4) is 11.5 Å². The van der Waals surface area contributed by atoms with Crippen LogP contribution in [0, 0.1) is 6.92 Å². The maximum atomic E-state index is 12.3. The van der Waals surface area contributed by atoms with Gasteiger partial charge in [0.2, 0.25) is 5.89 Å². The second-order valence-corrected chi connectivity index (χ2v) is 7.27. The minimum atomic E-state index is -0.272. The summed E-state index contributed by atoms with van der Waals surface area (Å²) in [6, 6.07) is 20.0. The number of hydrogen-bond donors (Lipinski definition) is 2. The van der Waals surface area contributed by atoms with E-state index in [1.165, 1.54) is 0 Å². The van der Waals surface area contributed by atoms with Crippen molar-refractivity contribution in [3.63, 3.8) is 0 Å². The van der Waals surface area contributed by atoms with E-state index in [0.29, 0.717) is 33.3 Å². The number of nitrogens with one attached hydrogen (secondary N) is 2. The molecule has 5 nitrogen and oxygen atoms in total. The molecule has 0 saturated heterocycles. The number of aryl methyl sites for hydroxylation is 1. The van der Waals surface area contributed by atoms with E-state index in [0.717, 1.165) is 11.1 Å². The molecule has 0 fully saturated rings. The standard InChI is InChI=1S/C22H16ClN3O2S/c1-13-6-8-14(9-7-13)20(27)26-22(29)24-15-10-11-19-18(12-15)25-21(28-19)16-4-2-3-5-17(16)23/h2-12H,1H3,(H2,24,26,27,29). The van der Waals surface area contributed by atoms with Crippen LogP contribution >= 0.6 is 23.8 Å². The highest BCUT2D eigenvalue weighted by Crippen LogP contribution is 2.30. The lowest BCUT2D eigenvalue weighted by Gasteiger charge is -2.09. The Bertz CT molecular complexity index is 1220. The van der Waals surface area contributed by atoms with Gasteiger partial charge in [0, 0.05) is 11.3 Å². The van der Waals surface area contributed by atoms with E-state index in [9.17, 15) is 4.79 Å². The SMILES string of the molecule is Cc1ccc(C(=O)NC(=S)Nc2ccc3oc(-c4ccccc4Cl)nc3c2)cc1. The average Bonchev–Trinajstić information content (AvgIpc) is 3.11. The van der Waals surface area contributed by atoms with Crippen molar-refractivity contribution in [2.75, 3.05) is 5.32 Å². The summed E-state index contributed by atoms with van der Waals surface area (Å²) in [5.41, 5.74) is 4.31. The Morgan fingerprint density at radius 2 is 1.83 bits per heavy atom. The van der Waals surface area contributed by atoms with Crippen molar-refractivity contribution in [2.24, 2.45) is 0 Å². The van der Waals surface area contributed by atoms with E-state index in [-0.39, 0.29) is 11.0 Å². The van der Waals surface area contributed by atoms with Crippen LogP contribution in [-0.2, 0) is 0 Å². The lowest BCUT2D eigenvalue weighted by Crippen LogP contribution is -2.34. The van der Waals surface area contributed by atoms with E-state index >= 15 is 0 Å². The van der Waals surface area contributed by atoms with Crippen molar-refractivity contribution in [3.05, 3.63) is 82.9 Å². The number of amides is 1. The number of halogens is 1. The molecule has 0 unspecified atom stereocenters. The van der Waals surface area contributed by atoms with Gasteiger partial charge in [0.05, 0.1) is 10.6 Å². The Labute approximate surface area is 177 Å². The summed E-state index contributed by atoms with van der Waals surface area (Å²) in [5.74, 6) is 0.170. The summed E-state index contributed by atoms with van der Waals surface area (Å²) >= 11 is 11.5. The summed E-state index contributed by atoms with van der Waals surface area (Å²) in [5, 5.41) is 6.43. The molecule has 4 rings (SSSR count). The fourth-order valence-corrected chi connectivity index (χ4v) is 3.22. The Morgan fingerprint density at radius 1 is 1.07 bits per heavy atom. The number of fused-ring (bicyclic) bond motifs is 1. The van der Waals surface area contributed by atoms with E-state index in [2.05, 4.69) is 15.6 Å². The molecule has 0 radical (unpaired) electrons. The van der Waals surface area contributed by atoms with Crippen LogP contribution < -0.4 is 10.6 Å². The van der Waals surface area contributed by atoms with Crippen LogP contribution in [0.4, 0.5) is 5.69 Å². The molecular weight excluding hydrogens is 406 g/mol. The predicted molar refractivity (Wildman–Crippen MR) is 119 cm³/mol. The minimum absolute atomic E-state index is 0.199. The van der Waals surface area contributed by atoms with Gasteiger partial charge in [0.25, 0.3) is 5.91 Å². The third-order valence-corrected chi connectivity index (χ3v) is 4.82. The first-order valence-corrected chi connectivity index (χ1v) is 9.63. The number of carbonyl (C=O) groups excluding carboxylic acids is 1. The smallest absolute Gasteiger partial charge is 0.257 e. The number of rotatable bonds is 3. The molecule has 1 amide bonds. The molecule has 1 aromatic heterocycles. The maximum Gasteiger partial charge on any atom is 0.257 e. The second-order valence-electron chi connectivity index (χ2n) is 6.46. The molecule has 0 aliphatic rings. The van der Waals surface area contributed by atoms with Gasteiger partial charge in [-0.15, -0.1) is 0 Å². The Morgan fingerprint density at radius 3 is 2.59 bits per heavy atom. The van der Waals surface area contributed by atoms with Gasteiger partial charge in [-0.05, 0) is 61.6 Å². The number of benzene rings is 3. The molecule has 0 atom stereocenters. The molecule has 0 aliphatic carbocycles. The van der Waals surface area contributed by atoms with Crippen molar-refractivity contribution >= 4 is 51.6 Å². The maximum absolute atomic E-state index is 12.3. The number of aromatic nitrogens is 1.